The van der Waals surface area contributed by atoms with Gasteiger partial charge in [-0.1, -0.05) is 18.6 Å². The van der Waals surface area contributed by atoms with Gasteiger partial charge in [-0.2, -0.15) is 0 Å². The van der Waals surface area contributed by atoms with Crippen LogP contribution in [0.1, 0.15) is 32.1 Å². The second-order valence-electron chi connectivity index (χ2n) is 7.87. The lowest BCUT2D eigenvalue weighted by Gasteiger charge is -2.32. The second-order valence-corrected chi connectivity index (χ2v) is 7.87. The van der Waals surface area contributed by atoms with Gasteiger partial charge in [0.15, 0.2) is 5.58 Å². The Balaban J connectivity index is 1.27. The van der Waals surface area contributed by atoms with Gasteiger partial charge in [-0.25, -0.2) is 4.98 Å². The highest BCUT2D eigenvalue weighted by Crippen LogP contribution is 2.31. The van der Waals surface area contributed by atoms with Crippen LogP contribution >= 0.6 is 0 Å². The van der Waals surface area contributed by atoms with Crippen molar-refractivity contribution in [1.29, 1.82) is 0 Å². The lowest BCUT2D eigenvalue weighted by atomic mass is 9.84. The van der Waals surface area contributed by atoms with Gasteiger partial charge >= 0.3 is 0 Å². The van der Waals surface area contributed by atoms with E-state index in [1.807, 2.05) is 48.5 Å². The summed E-state index contributed by atoms with van der Waals surface area (Å²) in [4.78, 5) is 31.7. The Bertz CT molecular complexity index is 1020. The normalized spacial score (nSPS) is 19.3. The van der Waals surface area contributed by atoms with Crippen molar-refractivity contribution in [1.82, 2.24) is 9.88 Å². The molecule has 3 aromatic rings. The van der Waals surface area contributed by atoms with Crippen LogP contribution in [0.5, 0.6) is 0 Å². The summed E-state index contributed by atoms with van der Waals surface area (Å²) in [7, 11) is 0. The first-order chi connectivity index (χ1) is 14.2. The summed E-state index contributed by atoms with van der Waals surface area (Å²) in [6.45, 7) is 0.685. The summed E-state index contributed by atoms with van der Waals surface area (Å²) in [5, 5.41) is 2.97. The highest BCUT2D eigenvalue weighted by molar-refractivity contribution is 5.98. The number of benzene rings is 2. The Labute approximate surface area is 168 Å². The highest BCUT2D eigenvalue weighted by atomic mass is 16.3. The molecule has 148 valence electrons. The first-order valence-electron chi connectivity index (χ1n) is 10.3. The molecule has 0 bridgehead atoms. The molecule has 2 aromatic carbocycles. The molecular weight excluding hydrogens is 366 g/mol. The van der Waals surface area contributed by atoms with Crippen LogP contribution in [0, 0.1) is 5.92 Å². The largest absolute Gasteiger partial charge is 0.436 e. The van der Waals surface area contributed by atoms with E-state index >= 15 is 0 Å². The fraction of sp³-hybridized carbons (Fsp3) is 0.348. The summed E-state index contributed by atoms with van der Waals surface area (Å²) >= 11 is 0. The number of nitrogens with one attached hydrogen (secondary N) is 1. The number of aromatic nitrogens is 1. The molecule has 1 aliphatic heterocycles. The monoisotopic (exact) mass is 389 g/mol. The zero-order valence-corrected chi connectivity index (χ0v) is 16.1. The van der Waals surface area contributed by atoms with E-state index in [4.69, 9.17) is 4.42 Å². The Morgan fingerprint density at radius 2 is 1.79 bits per heavy atom. The smallest absolute Gasteiger partial charge is 0.247 e. The number of hydrogen-bond donors (Lipinski definition) is 1. The highest BCUT2D eigenvalue weighted by Gasteiger charge is 2.38. The Morgan fingerprint density at radius 3 is 2.52 bits per heavy atom. The lowest BCUT2D eigenvalue weighted by Crippen LogP contribution is -2.46. The first kappa shape index (κ1) is 17.9. The number of fused-ring (bicyclic) bond motifs is 1. The van der Waals surface area contributed by atoms with Crippen molar-refractivity contribution >= 4 is 28.6 Å². The molecule has 0 radical (unpaired) electrons. The summed E-state index contributed by atoms with van der Waals surface area (Å²) in [5.41, 5.74) is 3.12. The minimum atomic E-state index is -0.361. The predicted octanol–water partition coefficient (Wildman–Crippen LogP) is 4.22. The van der Waals surface area contributed by atoms with Gasteiger partial charge in [0.1, 0.15) is 11.6 Å². The summed E-state index contributed by atoms with van der Waals surface area (Å²) in [6, 6.07) is 14.7. The van der Waals surface area contributed by atoms with Crippen LogP contribution in [0.15, 0.2) is 52.9 Å². The summed E-state index contributed by atoms with van der Waals surface area (Å²) < 4.78 is 5.79. The van der Waals surface area contributed by atoms with E-state index < -0.39 is 0 Å². The molecule has 1 saturated heterocycles. The van der Waals surface area contributed by atoms with Crippen LogP contribution in [0.25, 0.3) is 22.6 Å². The molecule has 2 fully saturated rings. The van der Waals surface area contributed by atoms with Gasteiger partial charge in [-0.15, -0.1) is 0 Å². The second kappa shape index (κ2) is 7.35. The molecule has 1 aromatic heterocycles. The number of nitrogens with zero attached hydrogens (tertiary/aromatic N) is 2. The Morgan fingerprint density at radius 1 is 1.00 bits per heavy atom. The van der Waals surface area contributed by atoms with E-state index in [0.29, 0.717) is 18.1 Å². The number of para-hydroxylation sites is 2. The molecule has 1 saturated carbocycles. The molecule has 6 nitrogen and oxygen atoms in total. The number of anilines is 1. The maximum atomic E-state index is 12.8. The van der Waals surface area contributed by atoms with E-state index in [1.54, 1.807) is 4.90 Å². The van der Waals surface area contributed by atoms with Gasteiger partial charge in [-0.3, -0.25) is 9.59 Å². The Kier molecular flexibility index (Phi) is 4.54. The number of carbonyl (C=O) groups excluding carboxylic acids is 2. The van der Waals surface area contributed by atoms with E-state index in [-0.39, 0.29) is 23.8 Å². The standard InChI is InChI=1S/C23H23N3O3/c27-21(19-8-4-14-26(19)23(28)16-5-3-6-16)24-17-12-10-15(11-13-17)22-25-18-7-1-2-9-20(18)29-22/h1-2,7,9-13,16,19H,3-6,8,14H2,(H,24,27). The van der Waals surface area contributed by atoms with Crippen molar-refractivity contribution < 1.29 is 14.0 Å². The minimum absolute atomic E-state index is 0.107. The zero-order chi connectivity index (χ0) is 19.8. The topological polar surface area (TPSA) is 75.4 Å². The lowest BCUT2D eigenvalue weighted by molar-refractivity contribution is -0.142. The summed E-state index contributed by atoms with van der Waals surface area (Å²) in [5.74, 6) is 0.723. The zero-order valence-electron chi connectivity index (χ0n) is 16.1. The first-order valence-corrected chi connectivity index (χ1v) is 10.3. The van der Waals surface area contributed by atoms with Gasteiger partial charge in [0.05, 0.1) is 0 Å². The quantitative estimate of drug-likeness (QED) is 0.725. The molecule has 1 atom stereocenters. The average molecular weight is 389 g/mol. The van der Waals surface area contributed by atoms with Gasteiger partial charge in [0, 0.05) is 23.7 Å². The van der Waals surface area contributed by atoms with Crippen molar-refractivity contribution in [3.8, 4) is 11.5 Å². The third kappa shape index (κ3) is 3.39. The van der Waals surface area contributed by atoms with E-state index in [9.17, 15) is 9.59 Å². The van der Waals surface area contributed by atoms with Crippen molar-refractivity contribution in [2.75, 3.05) is 11.9 Å². The summed E-state index contributed by atoms with van der Waals surface area (Å²) in [6.07, 6.45) is 4.65. The molecule has 2 amide bonds. The number of rotatable bonds is 4. The van der Waals surface area contributed by atoms with Crippen LogP contribution in [0.3, 0.4) is 0 Å². The van der Waals surface area contributed by atoms with E-state index in [2.05, 4.69) is 10.3 Å². The number of likely N-dealkylation sites (tertiary alicyclic amines) is 1. The molecule has 6 heteroatoms. The number of oxazole rings is 1. The van der Waals surface area contributed by atoms with Gasteiger partial charge in [0.2, 0.25) is 17.7 Å². The Hall–Kier alpha value is -3.15. The van der Waals surface area contributed by atoms with Crippen LogP contribution in [0.2, 0.25) is 0 Å². The van der Waals surface area contributed by atoms with E-state index in [1.165, 1.54) is 0 Å². The van der Waals surface area contributed by atoms with Gasteiger partial charge in [-0.05, 0) is 62.1 Å². The van der Waals surface area contributed by atoms with E-state index in [0.717, 1.165) is 48.8 Å². The maximum absolute atomic E-state index is 12.8. The van der Waals surface area contributed by atoms with Crippen LogP contribution in [-0.2, 0) is 9.59 Å². The van der Waals surface area contributed by atoms with Crippen molar-refractivity contribution in [2.45, 2.75) is 38.1 Å². The molecule has 1 aliphatic carbocycles. The van der Waals surface area contributed by atoms with Gasteiger partial charge in [0.25, 0.3) is 0 Å². The molecule has 2 heterocycles. The molecule has 0 spiro atoms. The number of carbonyl (C=O) groups is 2. The van der Waals surface area contributed by atoms with Crippen LogP contribution in [0.4, 0.5) is 5.69 Å². The molecule has 2 aliphatic rings. The van der Waals surface area contributed by atoms with Crippen molar-refractivity contribution in [3.05, 3.63) is 48.5 Å². The fourth-order valence-electron chi connectivity index (χ4n) is 4.11. The molecular formula is C23H23N3O3. The minimum Gasteiger partial charge on any atom is -0.436 e. The van der Waals surface area contributed by atoms with Crippen LogP contribution < -0.4 is 5.32 Å². The van der Waals surface area contributed by atoms with Crippen molar-refractivity contribution in [3.63, 3.8) is 0 Å². The molecule has 29 heavy (non-hydrogen) atoms. The third-order valence-electron chi connectivity index (χ3n) is 5.99. The molecule has 5 rings (SSSR count). The number of amides is 2. The van der Waals surface area contributed by atoms with Gasteiger partial charge < -0.3 is 14.6 Å². The molecule has 1 unspecified atom stereocenters. The maximum Gasteiger partial charge on any atom is 0.247 e. The van der Waals surface area contributed by atoms with Crippen LogP contribution in [-0.4, -0.2) is 34.3 Å². The third-order valence-corrected chi connectivity index (χ3v) is 5.99. The SMILES string of the molecule is O=C(Nc1ccc(-c2nc3ccccc3o2)cc1)C1CCCN1C(=O)C1CCC1. The number of hydrogen-bond acceptors (Lipinski definition) is 4. The predicted molar refractivity (Wildman–Crippen MR) is 110 cm³/mol. The average Bonchev–Trinajstić information content (AvgIpc) is 3.34. The molecule has 1 N–H and O–H groups in total. The van der Waals surface area contributed by atoms with Crippen molar-refractivity contribution in [2.24, 2.45) is 5.92 Å². The fourth-order valence-corrected chi connectivity index (χ4v) is 4.11.